The molecule has 1 fully saturated rings. The SMILES string of the molecule is CCc1ccc(OCc2ccccc2C2OCCO2)c(CC)c1. The zero-order valence-corrected chi connectivity index (χ0v) is 13.9. The first-order chi connectivity index (χ1) is 11.3. The molecule has 1 heterocycles. The van der Waals surface area contributed by atoms with E-state index in [2.05, 4.69) is 44.2 Å². The molecule has 3 heteroatoms. The number of hydrogen-bond acceptors (Lipinski definition) is 3. The van der Waals surface area contributed by atoms with E-state index in [1.807, 2.05) is 12.1 Å². The predicted octanol–water partition coefficient (Wildman–Crippen LogP) is 4.44. The summed E-state index contributed by atoms with van der Waals surface area (Å²) in [6, 6.07) is 14.6. The van der Waals surface area contributed by atoms with Gasteiger partial charge in [0.2, 0.25) is 0 Å². The molecule has 2 aromatic carbocycles. The van der Waals surface area contributed by atoms with Crippen molar-refractivity contribution in [2.45, 2.75) is 39.6 Å². The van der Waals surface area contributed by atoms with E-state index in [0.29, 0.717) is 19.8 Å². The van der Waals surface area contributed by atoms with Crippen LogP contribution in [0.3, 0.4) is 0 Å². The lowest BCUT2D eigenvalue weighted by atomic mass is 10.1. The molecule has 2 aromatic rings. The predicted molar refractivity (Wildman–Crippen MR) is 90.6 cm³/mol. The highest BCUT2D eigenvalue weighted by Gasteiger charge is 2.21. The third kappa shape index (κ3) is 3.74. The Bertz CT molecular complexity index is 645. The first kappa shape index (κ1) is 16.0. The lowest BCUT2D eigenvalue weighted by Crippen LogP contribution is -2.06. The van der Waals surface area contributed by atoms with Crippen molar-refractivity contribution in [2.75, 3.05) is 13.2 Å². The number of ether oxygens (including phenoxy) is 3. The van der Waals surface area contributed by atoms with Gasteiger partial charge in [0.25, 0.3) is 0 Å². The van der Waals surface area contributed by atoms with E-state index >= 15 is 0 Å². The molecular weight excluding hydrogens is 288 g/mol. The number of rotatable bonds is 6. The van der Waals surface area contributed by atoms with Gasteiger partial charge in [-0.15, -0.1) is 0 Å². The van der Waals surface area contributed by atoms with Crippen molar-refractivity contribution >= 4 is 0 Å². The molecule has 0 atom stereocenters. The van der Waals surface area contributed by atoms with Crippen molar-refractivity contribution in [1.29, 1.82) is 0 Å². The van der Waals surface area contributed by atoms with Gasteiger partial charge < -0.3 is 14.2 Å². The van der Waals surface area contributed by atoms with Crippen molar-refractivity contribution in [3.05, 3.63) is 64.7 Å². The molecule has 0 amide bonds. The minimum absolute atomic E-state index is 0.261. The zero-order chi connectivity index (χ0) is 16.1. The van der Waals surface area contributed by atoms with E-state index < -0.39 is 0 Å². The fraction of sp³-hybridized carbons (Fsp3) is 0.400. The first-order valence-corrected chi connectivity index (χ1v) is 8.37. The largest absolute Gasteiger partial charge is 0.489 e. The Balaban J connectivity index is 1.76. The average Bonchev–Trinajstić information content (AvgIpc) is 3.14. The van der Waals surface area contributed by atoms with Gasteiger partial charge in [-0.1, -0.05) is 50.2 Å². The first-order valence-electron chi connectivity index (χ1n) is 8.37. The van der Waals surface area contributed by atoms with Gasteiger partial charge in [-0.25, -0.2) is 0 Å². The van der Waals surface area contributed by atoms with E-state index in [1.165, 1.54) is 11.1 Å². The normalized spacial score (nSPS) is 15.0. The molecule has 3 nitrogen and oxygen atoms in total. The molecule has 0 radical (unpaired) electrons. The summed E-state index contributed by atoms with van der Waals surface area (Å²) in [5, 5.41) is 0. The summed E-state index contributed by atoms with van der Waals surface area (Å²) in [5.41, 5.74) is 4.78. The third-order valence-corrected chi connectivity index (χ3v) is 4.23. The van der Waals surface area contributed by atoms with E-state index in [-0.39, 0.29) is 6.29 Å². The van der Waals surface area contributed by atoms with Gasteiger partial charge in [0.15, 0.2) is 6.29 Å². The van der Waals surface area contributed by atoms with Crippen LogP contribution in [0, 0.1) is 0 Å². The molecule has 0 N–H and O–H groups in total. The summed E-state index contributed by atoms with van der Waals surface area (Å²) in [4.78, 5) is 0. The molecule has 1 saturated heterocycles. The Morgan fingerprint density at radius 1 is 0.957 bits per heavy atom. The van der Waals surface area contributed by atoms with Crippen molar-refractivity contribution < 1.29 is 14.2 Å². The molecule has 0 spiro atoms. The van der Waals surface area contributed by atoms with Crippen LogP contribution >= 0.6 is 0 Å². The maximum atomic E-state index is 6.10. The quantitative estimate of drug-likeness (QED) is 0.789. The standard InChI is InChI=1S/C20H24O3/c1-3-15-9-10-19(16(4-2)13-15)23-14-17-7-5-6-8-18(17)20-21-11-12-22-20/h5-10,13,20H,3-4,11-12,14H2,1-2H3. The van der Waals surface area contributed by atoms with Gasteiger partial charge in [-0.2, -0.15) is 0 Å². The Morgan fingerprint density at radius 2 is 1.74 bits per heavy atom. The Morgan fingerprint density at radius 3 is 2.48 bits per heavy atom. The summed E-state index contributed by atoms with van der Waals surface area (Å²) in [7, 11) is 0. The number of hydrogen-bond donors (Lipinski definition) is 0. The Labute approximate surface area is 138 Å². The maximum Gasteiger partial charge on any atom is 0.184 e. The molecule has 0 saturated carbocycles. The van der Waals surface area contributed by atoms with Crippen LogP contribution in [0.5, 0.6) is 5.75 Å². The second kappa shape index (κ2) is 7.62. The fourth-order valence-corrected chi connectivity index (χ4v) is 2.86. The molecule has 1 aliphatic heterocycles. The van der Waals surface area contributed by atoms with Crippen molar-refractivity contribution in [3.8, 4) is 5.75 Å². The topological polar surface area (TPSA) is 27.7 Å². The summed E-state index contributed by atoms with van der Waals surface area (Å²) in [5.74, 6) is 0.966. The molecule has 23 heavy (non-hydrogen) atoms. The summed E-state index contributed by atoms with van der Waals surface area (Å²) in [6.07, 6.45) is 1.76. The van der Waals surface area contributed by atoms with Crippen molar-refractivity contribution in [1.82, 2.24) is 0 Å². The fourth-order valence-electron chi connectivity index (χ4n) is 2.86. The van der Waals surface area contributed by atoms with Crippen LogP contribution in [0.1, 0.15) is 42.4 Å². The van der Waals surface area contributed by atoms with Crippen molar-refractivity contribution in [2.24, 2.45) is 0 Å². The van der Waals surface area contributed by atoms with Gasteiger partial charge in [-0.3, -0.25) is 0 Å². The van der Waals surface area contributed by atoms with Crippen LogP contribution in [0.2, 0.25) is 0 Å². The van der Waals surface area contributed by atoms with Gasteiger partial charge in [0.05, 0.1) is 13.2 Å². The van der Waals surface area contributed by atoms with E-state index in [1.54, 1.807) is 0 Å². The van der Waals surface area contributed by atoms with Gasteiger partial charge in [0.1, 0.15) is 12.4 Å². The van der Waals surface area contributed by atoms with Gasteiger partial charge in [0, 0.05) is 5.56 Å². The molecule has 3 rings (SSSR count). The highest BCUT2D eigenvalue weighted by atomic mass is 16.7. The van der Waals surface area contributed by atoms with E-state index in [4.69, 9.17) is 14.2 Å². The second-order valence-electron chi connectivity index (χ2n) is 5.71. The van der Waals surface area contributed by atoms with Crippen LogP contribution in [0.25, 0.3) is 0 Å². The minimum atomic E-state index is -0.261. The lowest BCUT2D eigenvalue weighted by molar-refractivity contribution is -0.0451. The van der Waals surface area contributed by atoms with Crippen LogP contribution in [-0.4, -0.2) is 13.2 Å². The van der Waals surface area contributed by atoms with Crippen LogP contribution < -0.4 is 4.74 Å². The zero-order valence-electron chi connectivity index (χ0n) is 13.9. The summed E-state index contributed by atoms with van der Waals surface area (Å²) in [6.45, 7) is 6.16. The van der Waals surface area contributed by atoms with Gasteiger partial charge in [-0.05, 0) is 35.6 Å². The van der Waals surface area contributed by atoms with Gasteiger partial charge >= 0.3 is 0 Å². The third-order valence-electron chi connectivity index (χ3n) is 4.23. The monoisotopic (exact) mass is 312 g/mol. The molecule has 1 aliphatic rings. The molecule has 0 aromatic heterocycles. The molecule has 0 bridgehead atoms. The summed E-state index contributed by atoms with van der Waals surface area (Å²) < 4.78 is 17.4. The smallest absolute Gasteiger partial charge is 0.184 e. The molecule has 0 aliphatic carbocycles. The molecule has 0 unspecified atom stereocenters. The van der Waals surface area contributed by atoms with E-state index in [0.717, 1.165) is 29.7 Å². The Hall–Kier alpha value is -1.84. The number of aryl methyl sites for hydroxylation is 2. The lowest BCUT2D eigenvalue weighted by Gasteiger charge is -2.16. The van der Waals surface area contributed by atoms with Crippen molar-refractivity contribution in [3.63, 3.8) is 0 Å². The molecular formula is C20H24O3. The highest BCUT2D eigenvalue weighted by Crippen LogP contribution is 2.28. The maximum absolute atomic E-state index is 6.10. The average molecular weight is 312 g/mol. The second-order valence-corrected chi connectivity index (χ2v) is 5.71. The summed E-state index contributed by atoms with van der Waals surface area (Å²) >= 11 is 0. The van der Waals surface area contributed by atoms with Crippen LogP contribution in [0.4, 0.5) is 0 Å². The molecule has 122 valence electrons. The van der Waals surface area contributed by atoms with Crippen LogP contribution in [0.15, 0.2) is 42.5 Å². The number of benzene rings is 2. The Kier molecular flexibility index (Phi) is 5.31. The van der Waals surface area contributed by atoms with Crippen LogP contribution in [-0.2, 0) is 28.9 Å². The highest BCUT2D eigenvalue weighted by molar-refractivity contribution is 5.38. The minimum Gasteiger partial charge on any atom is -0.489 e. The van der Waals surface area contributed by atoms with E-state index in [9.17, 15) is 0 Å².